The van der Waals surface area contributed by atoms with E-state index in [1.165, 1.54) is 12.1 Å². The number of hydrogen-bond donors (Lipinski definition) is 6. The second kappa shape index (κ2) is 9.82. The number of aromatic amines is 2. The zero-order valence-corrected chi connectivity index (χ0v) is 21.2. The van der Waals surface area contributed by atoms with Gasteiger partial charge in [0.05, 0.1) is 11.2 Å². The van der Waals surface area contributed by atoms with Gasteiger partial charge in [0, 0.05) is 44.4 Å². The molecule has 9 nitrogen and oxygen atoms in total. The Morgan fingerprint density at radius 3 is 2.22 bits per heavy atom. The van der Waals surface area contributed by atoms with E-state index in [0.29, 0.717) is 33.5 Å². The van der Waals surface area contributed by atoms with Gasteiger partial charge in [0.15, 0.2) is 0 Å². The van der Waals surface area contributed by atoms with Crippen molar-refractivity contribution < 1.29 is 24.6 Å². The lowest BCUT2D eigenvalue weighted by Crippen LogP contribution is -2.29. The van der Waals surface area contributed by atoms with Gasteiger partial charge in [0.1, 0.15) is 11.3 Å². The van der Waals surface area contributed by atoms with E-state index in [1.54, 1.807) is 30.3 Å². The predicted molar refractivity (Wildman–Crippen MR) is 149 cm³/mol. The molecule has 6 N–H and O–H groups in total. The summed E-state index contributed by atoms with van der Waals surface area (Å²) in [6, 6.07) is 18.7. The molecule has 0 radical (unpaired) electrons. The van der Waals surface area contributed by atoms with Crippen molar-refractivity contribution in [1.82, 2.24) is 9.97 Å². The number of carboxylic acids is 1. The lowest BCUT2D eigenvalue weighted by molar-refractivity contribution is -0.132. The highest BCUT2D eigenvalue weighted by Crippen LogP contribution is 2.35. The molecule has 5 aromatic rings. The van der Waals surface area contributed by atoms with Crippen LogP contribution in [0.5, 0.6) is 5.75 Å². The normalized spacial score (nSPS) is 10.8. The Balaban J connectivity index is 1.32. The highest BCUT2D eigenvalue weighted by atomic mass is 127. The second-order valence-corrected chi connectivity index (χ2v) is 9.28. The minimum atomic E-state index is -1.22. The first-order valence-corrected chi connectivity index (χ1v) is 12.1. The van der Waals surface area contributed by atoms with E-state index < -0.39 is 17.8 Å². The second-order valence-electron chi connectivity index (χ2n) is 8.20. The number of benzene rings is 3. The van der Waals surface area contributed by atoms with Crippen LogP contribution < -0.4 is 10.6 Å². The van der Waals surface area contributed by atoms with Crippen molar-refractivity contribution >= 4 is 62.7 Å². The van der Waals surface area contributed by atoms with Crippen LogP contribution in [0.15, 0.2) is 79.1 Å². The van der Waals surface area contributed by atoms with E-state index in [2.05, 4.69) is 43.2 Å². The maximum absolute atomic E-state index is 12.5. The molecule has 0 aliphatic heterocycles. The monoisotopic (exact) mass is 606 g/mol. The summed E-state index contributed by atoms with van der Waals surface area (Å²) in [5.41, 5.74) is 4.64. The highest BCUT2D eigenvalue weighted by molar-refractivity contribution is 14.1. The van der Waals surface area contributed by atoms with E-state index in [9.17, 15) is 24.6 Å². The third kappa shape index (κ3) is 4.91. The number of carbonyl (C=O) groups is 3. The summed E-state index contributed by atoms with van der Waals surface area (Å²) in [7, 11) is 0. The molecule has 2 heterocycles. The number of fused-ring (bicyclic) bond motifs is 1. The highest BCUT2D eigenvalue weighted by Gasteiger charge is 2.18. The topological polar surface area (TPSA) is 147 Å². The van der Waals surface area contributed by atoms with Gasteiger partial charge in [-0.3, -0.25) is 9.59 Å². The maximum atomic E-state index is 12.5. The summed E-state index contributed by atoms with van der Waals surface area (Å²) in [5.74, 6) is -3.20. The summed E-state index contributed by atoms with van der Waals surface area (Å²) in [5, 5.41) is 25.2. The minimum Gasteiger partial charge on any atom is -0.507 e. The lowest BCUT2D eigenvalue weighted by atomic mass is 10.1. The standard InChI is InChI=1S/C27H19IN4O5/c28-23-19-11-20(27(36)37)22(33)12-21(19)32-24(23)15-2-1-3-18(10-15)31-26(35)25(34)30-17-6-4-14(5-7-17)16-8-9-29-13-16/h1-13,29,32-33H,(H,30,34)(H,31,35)(H,36,37). The molecular formula is C27H19IN4O5. The molecule has 0 unspecified atom stereocenters. The largest absolute Gasteiger partial charge is 0.507 e. The molecule has 0 saturated carbocycles. The Labute approximate surface area is 223 Å². The van der Waals surface area contributed by atoms with Gasteiger partial charge < -0.3 is 30.8 Å². The van der Waals surface area contributed by atoms with Crippen molar-refractivity contribution in [2.75, 3.05) is 10.6 Å². The molecule has 0 saturated heterocycles. The van der Waals surface area contributed by atoms with E-state index >= 15 is 0 Å². The number of aromatic carboxylic acids is 1. The van der Waals surface area contributed by atoms with Gasteiger partial charge in [0.2, 0.25) is 0 Å². The zero-order chi connectivity index (χ0) is 26.1. The predicted octanol–water partition coefficient (Wildman–Crippen LogP) is 5.42. The molecule has 0 bridgehead atoms. The molecule has 0 fully saturated rings. The van der Waals surface area contributed by atoms with Gasteiger partial charge in [-0.2, -0.15) is 0 Å². The number of anilines is 2. The Morgan fingerprint density at radius 2 is 1.54 bits per heavy atom. The van der Waals surface area contributed by atoms with Crippen LogP contribution in [0.25, 0.3) is 33.3 Å². The summed E-state index contributed by atoms with van der Waals surface area (Å²) in [6.45, 7) is 0. The van der Waals surface area contributed by atoms with Crippen LogP contribution in [0, 0.1) is 3.57 Å². The van der Waals surface area contributed by atoms with E-state index in [1.807, 2.05) is 36.7 Å². The van der Waals surface area contributed by atoms with Gasteiger partial charge >= 0.3 is 17.8 Å². The third-order valence-corrected chi connectivity index (χ3v) is 6.89. The molecule has 2 aromatic heterocycles. The molecule has 10 heteroatoms. The van der Waals surface area contributed by atoms with Crippen LogP contribution in [-0.4, -0.2) is 38.0 Å². The molecular weight excluding hydrogens is 587 g/mol. The van der Waals surface area contributed by atoms with Crippen molar-refractivity contribution in [3.8, 4) is 28.1 Å². The maximum Gasteiger partial charge on any atom is 0.339 e. The van der Waals surface area contributed by atoms with Crippen molar-refractivity contribution in [2.45, 2.75) is 0 Å². The number of H-pyrrole nitrogens is 2. The molecule has 0 atom stereocenters. The van der Waals surface area contributed by atoms with Crippen LogP contribution in [0.2, 0.25) is 0 Å². The van der Waals surface area contributed by atoms with Crippen LogP contribution >= 0.6 is 22.6 Å². The Bertz CT molecular complexity index is 1660. The number of hydrogen-bond acceptors (Lipinski definition) is 4. The Hall–Kier alpha value is -4.58. The number of halogens is 1. The molecule has 37 heavy (non-hydrogen) atoms. The SMILES string of the molecule is O=C(Nc1ccc(-c2cc[nH]c2)cc1)C(=O)Nc1cccc(-c2[nH]c3cc(O)c(C(=O)O)cc3c2I)c1. The molecule has 3 aromatic carbocycles. The van der Waals surface area contributed by atoms with Crippen molar-refractivity contribution in [3.63, 3.8) is 0 Å². The van der Waals surface area contributed by atoms with Gasteiger partial charge in [-0.05, 0) is 70.1 Å². The molecule has 2 amide bonds. The Kier molecular flexibility index (Phi) is 6.40. The number of rotatable bonds is 5. The average Bonchev–Trinajstić information content (AvgIpc) is 3.52. The van der Waals surface area contributed by atoms with Crippen molar-refractivity contribution in [2.24, 2.45) is 0 Å². The quantitative estimate of drug-likeness (QED) is 0.117. The average molecular weight is 606 g/mol. The Morgan fingerprint density at radius 1 is 0.811 bits per heavy atom. The van der Waals surface area contributed by atoms with Gasteiger partial charge in [0.25, 0.3) is 0 Å². The first kappa shape index (κ1) is 24.1. The third-order valence-electron chi connectivity index (χ3n) is 5.77. The number of carboxylic acid groups (broad SMARTS) is 1. The number of aromatic hydroxyl groups is 1. The van der Waals surface area contributed by atoms with Gasteiger partial charge in [-0.1, -0.05) is 24.3 Å². The van der Waals surface area contributed by atoms with Crippen LogP contribution in [0.1, 0.15) is 10.4 Å². The van der Waals surface area contributed by atoms with E-state index in [4.69, 9.17) is 0 Å². The first-order chi connectivity index (χ1) is 17.8. The zero-order valence-electron chi connectivity index (χ0n) is 19.0. The summed E-state index contributed by atoms with van der Waals surface area (Å²) < 4.78 is 0.749. The summed E-state index contributed by atoms with van der Waals surface area (Å²) >= 11 is 2.10. The molecule has 0 aliphatic carbocycles. The first-order valence-electron chi connectivity index (χ1n) is 11.0. The molecule has 0 aliphatic rings. The summed E-state index contributed by atoms with van der Waals surface area (Å²) in [4.78, 5) is 42.6. The van der Waals surface area contributed by atoms with Crippen molar-refractivity contribution in [1.29, 1.82) is 0 Å². The van der Waals surface area contributed by atoms with Gasteiger partial charge in [-0.15, -0.1) is 0 Å². The number of aromatic nitrogens is 2. The lowest BCUT2D eigenvalue weighted by Gasteiger charge is -2.09. The molecule has 184 valence electrons. The van der Waals surface area contributed by atoms with Crippen LogP contribution in [-0.2, 0) is 9.59 Å². The van der Waals surface area contributed by atoms with E-state index in [-0.39, 0.29) is 11.3 Å². The summed E-state index contributed by atoms with van der Waals surface area (Å²) in [6.07, 6.45) is 3.69. The number of phenols is 1. The van der Waals surface area contributed by atoms with Crippen LogP contribution in [0.3, 0.4) is 0 Å². The minimum absolute atomic E-state index is 0.192. The van der Waals surface area contributed by atoms with Gasteiger partial charge in [-0.25, -0.2) is 4.79 Å². The molecule has 5 rings (SSSR count). The fourth-order valence-corrected chi connectivity index (χ4v) is 4.84. The van der Waals surface area contributed by atoms with E-state index in [0.717, 1.165) is 14.7 Å². The number of nitrogens with one attached hydrogen (secondary N) is 4. The number of carbonyl (C=O) groups excluding carboxylic acids is 2. The number of amides is 2. The van der Waals surface area contributed by atoms with Crippen molar-refractivity contribution in [3.05, 3.63) is 88.3 Å². The van der Waals surface area contributed by atoms with Crippen LogP contribution in [0.4, 0.5) is 11.4 Å². The molecule has 0 spiro atoms. The fourth-order valence-electron chi connectivity index (χ4n) is 3.95. The smallest absolute Gasteiger partial charge is 0.339 e. The fraction of sp³-hybridized carbons (Fsp3) is 0.